The van der Waals surface area contributed by atoms with E-state index in [0.29, 0.717) is 40.0 Å². The molecule has 1 aliphatic rings. The fourth-order valence-corrected chi connectivity index (χ4v) is 4.24. The van der Waals surface area contributed by atoms with Crippen molar-refractivity contribution in [3.8, 4) is 0 Å². The van der Waals surface area contributed by atoms with E-state index < -0.39 is 0 Å². The summed E-state index contributed by atoms with van der Waals surface area (Å²) in [5.41, 5.74) is 2.25. The second-order valence-electron chi connectivity index (χ2n) is 8.25. The zero-order chi connectivity index (χ0) is 22.8. The van der Waals surface area contributed by atoms with Crippen molar-refractivity contribution in [3.05, 3.63) is 39.6 Å². The van der Waals surface area contributed by atoms with Gasteiger partial charge in [0, 0.05) is 55.7 Å². The number of benzene rings is 1. The van der Waals surface area contributed by atoms with Crippen molar-refractivity contribution >= 4 is 46.1 Å². The van der Waals surface area contributed by atoms with Crippen LogP contribution in [0.2, 0.25) is 10.0 Å². The molecular weight excluding hydrogens is 451 g/mol. The van der Waals surface area contributed by atoms with Crippen molar-refractivity contribution in [2.75, 3.05) is 37.6 Å². The number of amides is 1. The van der Waals surface area contributed by atoms with Gasteiger partial charge in [-0.05, 0) is 31.5 Å². The van der Waals surface area contributed by atoms with Gasteiger partial charge in [-0.1, -0.05) is 34.5 Å². The highest BCUT2D eigenvalue weighted by atomic mass is 35.5. The topological polar surface area (TPSA) is 92.1 Å². The van der Waals surface area contributed by atoms with Crippen molar-refractivity contribution in [3.63, 3.8) is 0 Å². The number of hydrogen-bond acceptors (Lipinski definition) is 7. The molecule has 2 aromatic heterocycles. The highest BCUT2D eigenvalue weighted by Crippen LogP contribution is 2.26. The molecule has 4 rings (SSSR count). The van der Waals surface area contributed by atoms with Gasteiger partial charge in [-0.2, -0.15) is 0 Å². The second-order valence-corrected chi connectivity index (χ2v) is 9.09. The van der Waals surface area contributed by atoms with E-state index in [-0.39, 0.29) is 11.9 Å². The summed E-state index contributed by atoms with van der Waals surface area (Å²) in [6.45, 7) is 7.32. The van der Waals surface area contributed by atoms with Gasteiger partial charge in [0.05, 0.1) is 6.54 Å². The van der Waals surface area contributed by atoms with Crippen LogP contribution in [0.15, 0.2) is 18.2 Å². The van der Waals surface area contributed by atoms with Gasteiger partial charge in [-0.3, -0.25) is 9.69 Å². The van der Waals surface area contributed by atoms with Crippen LogP contribution in [0, 0.1) is 0 Å². The largest absolute Gasteiger partial charge is 0.353 e. The van der Waals surface area contributed by atoms with Gasteiger partial charge in [-0.25, -0.2) is 14.6 Å². The van der Waals surface area contributed by atoms with Crippen LogP contribution in [-0.2, 0) is 18.3 Å². The Kier molecular flexibility index (Phi) is 6.78. The SMILES string of the molecule is CC(C)NC(=O)CN1CCN(c2nc(Cc3ccc(Cl)cc3Cl)nc3c2nnn3C)CC1. The Morgan fingerprint density at radius 1 is 1.16 bits per heavy atom. The lowest BCUT2D eigenvalue weighted by Crippen LogP contribution is -2.50. The molecule has 1 aromatic carbocycles. The lowest BCUT2D eigenvalue weighted by Gasteiger charge is -2.35. The summed E-state index contributed by atoms with van der Waals surface area (Å²) < 4.78 is 1.65. The number of carbonyl (C=O) groups excluding carboxylic acids is 1. The molecule has 0 spiro atoms. The Balaban J connectivity index is 1.54. The number of carbonyl (C=O) groups is 1. The first kappa shape index (κ1) is 22.7. The van der Waals surface area contributed by atoms with Gasteiger partial charge in [0.1, 0.15) is 5.82 Å². The normalized spacial score (nSPS) is 15.0. The number of aryl methyl sites for hydroxylation is 1. The number of anilines is 1. The number of rotatable bonds is 6. The van der Waals surface area contributed by atoms with Crippen molar-refractivity contribution < 1.29 is 4.79 Å². The third-order valence-electron chi connectivity index (χ3n) is 5.33. The molecule has 0 bridgehead atoms. The molecule has 1 amide bonds. The third kappa shape index (κ3) is 5.11. The van der Waals surface area contributed by atoms with Crippen molar-refractivity contribution in [1.29, 1.82) is 0 Å². The maximum atomic E-state index is 12.1. The minimum atomic E-state index is 0.0499. The van der Waals surface area contributed by atoms with Crippen LogP contribution in [0.1, 0.15) is 25.2 Å². The van der Waals surface area contributed by atoms with Crippen LogP contribution < -0.4 is 10.2 Å². The molecule has 0 saturated carbocycles. The fraction of sp³-hybridized carbons (Fsp3) is 0.476. The molecule has 1 saturated heterocycles. The molecule has 0 atom stereocenters. The summed E-state index contributed by atoms with van der Waals surface area (Å²) >= 11 is 12.4. The molecular formula is C21H26Cl2N8O. The molecule has 0 unspecified atom stereocenters. The maximum Gasteiger partial charge on any atom is 0.234 e. The van der Waals surface area contributed by atoms with E-state index in [0.717, 1.165) is 37.6 Å². The van der Waals surface area contributed by atoms with E-state index in [1.54, 1.807) is 10.7 Å². The fourth-order valence-electron chi connectivity index (χ4n) is 3.77. The second kappa shape index (κ2) is 9.56. The molecule has 32 heavy (non-hydrogen) atoms. The summed E-state index contributed by atoms with van der Waals surface area (Å²) in [7, 11) is 1.82. The van der Waals surface area contributed by atoms with Gasteiger partial charge < -0.3 is 10.2 Å². The first-order chi connectivity index (χ1) is 15.3. The number of nitrogens with one attached hydrogen (secondary N) is 1. The molecule has 170 valence electrons. The summed E-state index contributed by atoms with van der Waals surface area (Å²) in [4.78, 5) is 25.9. The Bertz CT molecular complexity index is 1120. The molecule has 1 fully saturated rings. The Labute approximate surface area is 196 Å². The van der Waals surface area contributed by atoms with Gasteiger partial charge >= 0.3 is 0 Å². The van der Waals surface area contributed by atoms with Crippen molar-refractivity contribution in [2.45, 2.75) is 26.3 Å². The predicted octanol–water partition coefficient (Wildman–Crippen LogP) is 2.30. The number of halogens is 2. The monoisotopic (exact) mass is 476 g/mol. The summed E-state index contributed by atoms with van der Waals surface area (Å²) in [6, 6.07) is 5.56. The van der Waals surface area contributed by atoms with Gasteiger partial charge in [0.15, 0.2) is 17.0 Å². The van der Waals surface area contributed by atoms with Gasteiger partial charge in [-0.15, -0.1) is 5.10 Å². The Morgan fingerprint density at radius 2 is 1.91 bits per heavy atom. The van der Waals surface area contributed by atoms with Crippen LogP contribution in [0.25, 0.3) is 11.2 Å². The van der Waals surface area contributed by atoms with Crippen molar-refractivity contribution in [2.24, 2.45) is 7.05 Å². The molecule has 3 aromatic rings. The summed E-state index contributed by atoms with van der Waals surface area (Å²) in [5.74, 6) is 1.45. The third-order valence-corrected chi connectivity index (χ3v) is 5.92. The lowest BCUT2D eigenvalue weighted by molar-refractivity contribution is -0.122. The zero-order valence-corrected chi connectivity index (χ0v) is 19.9. The quantitative estimate of drug-likeness (QED) is 0.583. The average Bonchev–Trinajstić information content (AvgIpc) is 3.10. The summed E-state index contributed by atoms with van der Waals surface area (Å²) in [5, 5.41) is 12.6. The standard InChI is InChI=1S/C21H26Cl2N8O/c1-13(2)24-18(32)12-30-6-8-31(9-7-30)21-19-20(29(3)28-27-19)25-17(26-21)10-14-4-5-15(22)11-16(14)23/h4-5,11,13H,6-10,12H2,1-3H3,(H,24,32). The number of fused-ring (bicyclic) bond motifs is 1. The summed E-state index contributed by atoms with van der Waals surface area (Å²) in [6.07, 6.45) is 0.472. The highest BCUT2D eigenvalue weighted by Gasteiger charge is 2.24. The predicted molar refractivity (Wildman–Crippen MR) is 125 cm³/mol. The molecule has 1 N–H and O–H groups in total. The van der Waals surface area contributed by atoms with Crippen molar-refractivity contribution in [1.82, 2.24) is 35.2 Å². The van der Waals surface area contributed by atoms with Gasteiger partial charge in [0.25, 0.3) is 0 Å². The average molecular weight is 477 g/mol. The molecule has 3 heterocycles. The first-order valence-corrected chi connectivity index (χ1v) is 11.3. The van der Waals surface area contributed by atoms with Crippen LogP contribution in [-0.4, -0.2) is 74.5 Å². The van der Waals surface area contributed by atoms with E-state index >= 15 is 0 Å². The Hall–Kier alpha value is -2.49. The van der Waals surface area contributed by atoms with Crippen LogP contribution in [0.4, 0.5) is 5.82 Å². The highest BCUT2D eigenvalue weighted by molar-refractivity contribution is 6.35. The minimum absolute atomic E-state index is 0.0499. The molecule has 11 heteroatoms. The van der Waals surface area contributed by atoms with E-state index in [1.165, 1.54) is 0 Å². The number of piperazine rings is 1. The minimum Gasteiger partial charge on any atom is -0.353 e. The molecule has 0 aliphatic carbocycles. The first-order valence-electron chi connectivity index (χ1n) is 10.6. The van der Waals surface area contributed by atoms with E-state index in [9.17, 15) is 4.79 Å². The molecule has 0 radical (unpaired) electrons. The number of nitrogens with zero attached hydrogens (tertiary/aromatic N) is 7. The Morgan fingerprint density at radius 3 is 2.59 bits per heavy atom. The maximum absolute atomic E-state index is 12.1. The molecule has 9 nitrogen and oxygen atoms in total. The zero-order valence-electron chi connectivity index (χ0n) is 18.3. The smallest absolute Gasteiger partial charge is 0.234 e. The van der Waals surface area contributed by atoms with Gasteiger partial charge in [0.2, 0.25) is 5.91 Å². The molecule has 1 aliphatic heterocycles. The lowest BCUT2D eigenvalue weighted by atomic mass is 10.1. The van der Waals surface area contributed by atoms with E-state index in [1.807, 2.05) is 33.0 Å². The number of aromatic nitrogens is 5. The van der Waals surface area contributed by atoms with Crippen LogP contribution in [0.5, 0.6) is 0 Å². The van der Waals surface area contributed by atoms with Crippen LogP contribution in [0.3, 0.4) is 0 Å². The van der Waals surface area contributed by atoms with Crippen LogP contribution >= 0.6 is 23.2 Å². The van der Waals surface area contributed by atoms with E-state index in [4.69, 9.17) is 28.2 Å². The number of hydrogen-bond donors (Lipinski definition) is 1. The van der Waals surface area contributed by atoms with E-state index in [2.05, 4.69) is 30.4 Å².